The first-order valence-corrected chi connectivity index (χ1v) is 10.2. The zero-order chi connectivity index (χ0) is 19.0. The topological polar surface area (TPSA) is 72.9 Å². The second-order valence-corrected chi connectivity index (χ2v) is 8.35. The van der Waals surface area contributed by atoms with E-state index in [2.05, 4.69) is 10.4 Å². The number of carbonyl (C=O) groups is 1. The van der Waals surface area contributed by atoms with E-state index in [-0.39, 0.29) is 5.91 Å². The second kappa shape index (κ2) is 7.47. The number of hydrogen-bond acceptors (Lipinski definition) is 3. The van der Waals surface area contributed by atoms with Crippen molar-refractivity contribution in [3.63, 3.8) is 0 Å². The first kappa shape index (κ1) is 18.2. The third-order valence-corrected chi connectivity index (χ3v) is 6.48. The lowest BCUT2D eigenvalue weighted by atomic mass is 9.67. The fraction of sp³-hybridized carbons (Fsp3) is 0.545. The highest BCUT2D eigenvalue weighted by molar-refractivity contribution is 5.79. The highest BCUT2D eigenvalue weighted by atomic mass is 16.1. The molecule has 2 fully saturated rings. The first-order chi connectivity index (χ1) is 13.0. The van der Waals surface area contributed by atoms with E-state index in [0.717, 1.165) is 35.5 Å². The van der Waals surface area contributed by atoms with Crippen LogP contribution < -0.4 is 11.1 Å². The zero-order valence-electron chi connectivity index (χ0n) is 16.3. The normalized spacial score (nSPS) is 27.4. The number of rotatable bonds is 4. The summed E-state index contributed by atoms with van der Waals surface area (Å²) in [5, 5.41) is 8.03. The van der Waals surface area contributed by atoms with Gasteiger partial charge in [-0.05, 0) is 63.5 Å². The largest absolute Gasteiger partial charge is 0.353 e. The Kier molecular flexibility index (Phi) is 5.04. The predicted molar refractivity (Wildman–Crippen MR) is 107 cm³/mol. The monoisotopic (exact) mass is 366 g/mol. The van der Waals surface area contributed by atoms with Crippen LogP contribution in [0, 0.1) is 25.7 Å². The molecule has 2 unspecified atom stereocenters. The number of benzene rings is 1. The van der Waals surface area contributed by atoms with Crippen molar-refractivity contribution in [3.05, 3.63) is 47.3 Å². The van der Waals surface area contributed by atoms with Crippen LogP contribution in [0.1, 0.15) is 49.1 Å². The van der Waals surface area contributed by atoms with Crippen LogP contribution in [0.15, 0.2) is 30.3 Å². The van der Waals surface area contributed by atoms with Gasteiger partial charge in [0.2, 0.25) is 5.91 Å². The van der Waals surface area contributed by atoms with Crippen molar-refractivity contribution in [1.82, 2.24) is 15.1 Å². The SMILES string of the molecule is Cc1nn(-c2ccccc2)c(C)c1CC(=O)NC1C2CCCC1CC(N)C2. The Bertz CT molecular complexity index is 799. The van der Waals surface area contributed by atoms with E-state index in [1.54, 1.807) is 0 Å². The molecule has 0 radical (unpaired) electrons. The van der Waals surface area contributed by atoms with E-state index in [9.17, 15) is 4.79 Å². The molecule has 2 atom stereocenters. The number of nitrogens with zero attached hydrogens (tertiary/aromatic N) is 2. The van der Waals surface area contributed by atoms with Crippen LogP contribution >= 0.6 is 0 Å². The summed E-state index contributed by atoms with van der Waals surface area (Å²) >= 11 is 0. The molecule has 2 aliphatic rings. The summed E-state index contributed by atoms with van der Waals surface area (Å²) < 4.78 is 1.94. The molecular weight excluding hydrogens is 336 g/mol. The summed E-state index contributed by atoms with van der Waals surface area (Å²) in [6.45, 7) is 4.04. The fourth-order valence-corrected chi connectivity index (χ4v) is 5.17. The Hall–Kier alpha value is -2.14. The molecule has 1 aromatic carbocycles. The molecular formula is C22H30N4O. The fourth-order valence-electron chi connectivity index (χ4n) is 5.17. The maximum Gasteiger partial charge on any atom is 0.224 e. The summed E-state index contributed by atoms with van der Waals surface area (Å²) in [6.07, 6.45) is 6.15. The summed E-state index contributed by atoms with van der Waals surface area (Å²) in [5.74, 6) is 1.21. The van der Waals surface area contributed by atoms with Gasteiger partial charge in [0.05, 0.1) is 17.8 Å². The van der Waals surface area contributed by atoms with Crippen molar-refractivity contribution in [2.45, 2.75) is 64.5 Å². The van der Waals surface area contributed by atoms with Gasteiger partial charge in [-0.25, -0.2) is 4.68 Å². The van der Waals surface area contributed by atoms with Gasteiger partial charge >= 0.3 is 0 Å². The molecule has 2 bridgehead atoms. The van der Waals surface area contributed by atoms with Crippen molar-refractivity contribution in [2.24, 2.45) is 17.6 Å². The summed E-state index contributed by atoms with van der Waals surface area (Å²) in [4.78, 5) is 12.9. The molecule has 5 heteroatoms. The summed E-state index contributed by atoms with van der Waals surface area (Å²) in [5.41, 5.74) is 10.2. The van der Waals surface area contributed by atoms with Crippen molar-refractivity contribution in [1.29, 1.82) is 0 Å². The molecule has 5 nitrogen and oxygen atoms in total. The van der Waals surface area contributed by atoms with Gasteiger partial charge in [-0.2, -0.15) is 5.10 Å². The predicted octanol–water partition coefficient (Wildman–Crippen LogP) is 3.05. The van der Waals surface area contributed by atoms with Crippen LogP contribution in [-0.4, -0.2) is 27.8 Å². The number of nitrogens with two attached hydrogens (primary N) is 1. The van der Waals surface area contributed by atoms with E-state index >= 15 is 0 Å². The molecule has 1 aromatic heterocycles. The lowest BCUT2D eigenvalue weighted by Gasteiger charge is -2.45. The molecule has 3 N–H and O–H groups in total. The average molecular weight is 367 g/mol. The second-order valence-electron chi connectivity index (χ2n) is 8.35. The third-order valence-electron chi connectivity index (χ3n) is 6.48. The molecule has 1 heterocycles. The number of aromatic nitrogens is 2. The van der Waals surface area contributed by atoms with Crippen LogP contribution in [-0.2, 0) is 11.2 Å². The smallest absolute Gasteiger partial charge is 0.224 e. The number of amides is 1. The van der Waals surface area contributed by atoms with Gasteiger partial charge in [0.25, 0.3) is 0 Å². The zero-order valence-corrected chi connectivity index (χ0v) is 16.3. The summed E-state index contributed by atoms with van der Waals surface area (Å²) in [6, 6.07) is 10.7. The average Bonchev–Trinajstić information content (AvgIpc) is 2.91. The minimum Gasteiger partial charge on any atom is -0.353 e. The highest BCUT2D eigenvalue weighted by Gasteiger charge is 2.39. The molecule has 2 aliphatic carbocycles. The third kappa shape index (κ3) is 3.65. The standard InChI is InChI=1S/C22H30N4O/c1-14-20(15(2)26(25-14)19-9-4-3-5-10-19)13-21(27)24-22-16-7-6-8-17(22)12-18(23)11-16/h3-5,9-10,16-18,22H,6-8,11-13,23H2,1-2H3,(H,24,27). The molecule has 144 valence electrons. The molecule has 1 amide bonds. The quantitative estimate of drug-likeness (QED) is 0.873. The van der Waals surface area contributed by atoms with E-state index in [1.807, 2.05) is 48.9 Å². The van der Waals surface area contributed by atoms with E-state index in [4.69, 9.17) is 5.73 Å². The lowest BCUT2D eigenvalue weighted by Crippen LogP contribution is -2.54. The van der Waals surface area contributed by atoms with Crippen molar-refractivity contribution >= 4 is 5.91 Å². The van der Waals surface area contributed by atoms with Gasteiger partial charge in [-0.15, -0.1) is 0 Å². The van der Waals surface area contributed by atoms with Crippen molar-refractivity contribution < 1.29 is 4.79 Å². The summed E-state index contributed by atoms with van der Waals surface area (Å²) in [7, 11) is 0. The van der Waals surface area contributed by atoms with Gasteiger partial charge in [-0.3, -0.25) is 4.79 Å². The Labute approximate surface area is 161 Å². The number of aryl methyl sites for hydroxylation is 1. The Balaban J connectivity index is 1.48. The Morgan fingerprint density at radius 3 is 2.52 bits per heavy atom. The maximum absolute atomic E-state index is 12.9. The number of para-hydroxylation sites is 1. The van der Waals surface area contributed by atoms with Crippen LogP contribution in [0.2, 0.25) is 0 Å². The molecule has 2 saturated carbocycles. The van der Waals surface area contributed by atoms with Crippen LogP contribution in [0.3, 0.4) is 0 Å². The van der Waals surface area contributed by atoms with Crippen molar-refractivity contribution in [2.75, 3.05) is 0 Å². The van der Waals surface area contributed by atoms with Gasteiger partial charge in [-0.1, -0.05) is 24.6 Å². The van der Waals surface area contributed by atoms with E-state index in [0.29, 0.717) is 30.3 Å². The van der Waals surface area contributed by atoms with Gasteiger partial charge in [0, 0.05) is 23.3 Å². The Morgan fingerprint density at radius 1 is 1.19 bits per heavy atom. The van der Waals surface area contributed by atoms with Crippen LogP contribution in [0.4, 0.5) is 0 Å². The Morgan fingerprint density at radius 2 is 1.85 bits per heavy atom. The molecule has 27 heavy (non-hydrogen) atoms. The van der Waals surface area contributed by atoms with Gasteiger partial charge in [0.15, 0.2) is 0 Å². The first-order valence-electron chi connectivity index (χ1n) is 10.2. The van der Waals surface area contributed by atoms with Crippen LogP contribution in [0.25, 0.3) is 5.69 Å². The minimum absolute atomic E-state index is 0.117. The maximum atomic E-state index is 12.9. The van der Waals surface area contributed by atoms with Gasteiger partial charge < -0.3 is 11.1 Å². The number of hydrogen-bond donors (Lipinski definition) is 2. The molecule has 2 aromatic rings. The highest BCUT2D eigenvalue weighted by Crippen LogP contribution is 2.39. The molecule has 4 rings (SSSR count). The molecule has 0 spiro atoms. The number of fused-ring (bicyclic) bond motifs is 2. The molecule has 0 saturated heterocycles. The number of carbonyl (C=O) groups excluding carboxylic acids is 1. The molecule has 0 aliphatic heterocycles. The number of nitrogens with one attached hydrogen (secondary N) is 1. The van der Waals surface area contributed by atoms with Gasteiger partial charge in [0.1, 0.15) is 0 Å². The van der Waals surface area contributed by atoms with E-state index in [1.165, 1.54) is 19.3 Å². The minimum atomic E-state index is 0.117. The lowest BCUT2D eigenvalue weighted by molar-refractivity contribution is -0.122. The van der Waals surface area contributed by atoms with E-state index < -0.39 is 0 Å². The van der Waals surface area contributed by atoms with Crippen LogP contribution in [0.5, 0.6) is 0 Å². The van der Waals surface area contributed by atoms with Crippen molar-refractivity contribution in [3.8, 4) is 5.69 Å².